The zero-order valence-corrected chi connectivity index (χ0v) is 18.0. The second-order valence-electron chi connectivity index (χ2n) is 6.54. The Bertz CT molecular complexity index is 1260. The van der Waals surface area contributed by atoms with E-state index in [1.807, 2.05) is 19.1 Å². The van der Waals surface area contributed by atoms with E-state index in [2.05, 4.69) is 15.5 Å². The van der Waals surface area contributed by atoms with Gasteiger partial charge in [0, 0.05) is 15.7 Å². The summed E-state index contributed by atoms with van der Waals surface area (Å²) in [5.74, 6) is 0.0458. The number of ether oxygens (including phenoxy) is 1. The highest BCUT2D eigenvalue weighted by atomic mass is 35.5. The Labute approximate surface area is 187 Å². The molecule has 0 aliphatic carbocycles. The number of benzene rings is 3. The highest BCUT2D eigenvalue weighted by Gasteiger charge is 2.10. The summed E-state index contributed by atoms with van der Waals surface area (Å²) in [5, 5.41) is 13.2. The van der Waals surface area contributed by atoms with Crippen molar-refractivity contribution in [1.82, 2.24) is 15.0 Å². The van der Waals surface area contributed by atoms with Crippen molar-refractivity contribution >= 4 is 57.4 Å². The molecule has 9 heteroatoms. The molecule has 1 heterocycles. The minimum absolute atomic E-state index is 0.200. The van der Waals surface area contributed by atoms with Crippen LogP contribution in [0, 0.1) is 6.92 Å². The van der Waals surface area contributed by atoms with Gasteiger partial charge in [0.15, 0.2) is 6.61 Å². The lowest BCUT2D eigenvalue weighted by Gasteiger charge is -2.09. The van der Waals surface area contributed by atoms with Crippen LogP contribution in [0.2, 0.25) is 15.1 Å². The summed E-state index contributed by atoms with van der Waals surface area (Å²) in [6, 6.07) is 15.7. The van der Waals surface area contributed by atoms with Crippen LogP contribution in [0.1, 0.15) is 5.56 Å². The Kier molecular flexibility index (Phi) is 5.81. The van der Waals surface area contributed by atoms with Crippen molar-refractivity contribution < 1.29 is 9.53 Å². The summed E-state index contributed by atoms with van der Waals surface area (Å²) < 4.78 is 5.45. The molecule has 0 aliphatic heterocycles. The second kappa shape index (κ2) is 8.52. The molecule has 4 rings (SSSR count). The first-order chi connectivity index (χ1) is 14.4. The minimum atomic E-state index is -0.335. The number of rotatable bonds is 5. The molecule has 0 saturated carbocycles. The van der Waals surface area contributed by atoms with Gasteiger partial charge < -0.3 is 10.1 Å². The Hall–Kier alpha value is -2.80. The average molecular weight is 462 g/mol. The molecule has 0 atom stereocenters. The number of hydrogen-bond acceptors (Lipinski definition) is 4. The maximum absolute atomic E-state index is 12.2. The van der Waals surface area contributed by atoms with Crippen LogP contribution < -0.4 is 10.1 Å². The Morgan fingerprint density at radius 2 is 1.77 bits per heavy atom. The molecule has 0 unspecified atom stereocenters. The van der Waals surface area contributed by atoms with E-state index in [-0.39, 0.29) is 12.5 Å². The molecule has 30 heavy (non-hydrogen) atoms. The third-order valence-electron chi connectivity index (χ3n) is 4.30. The summed E-state index contributed by atoms with van der Waals surface area (Å²) in [5.41, 5.74) is 3.62. The number of amides is 1. The molecular formula is C21H15Cl3N4O2. The van der Waals surface area contributed by atoms with Gasteiger partial charge in [-0.1, -0.05) is 40.9 Å². The molecule has 0 radical (unpaired) electrons. The maximum Gasteiger partial charge on any atom is 0.262 e. The summed E-state index contributed by atoms with van der Waals surface area (Å²) in [4.78, 5) is 13.7. The lowest BCUT2D eigenvalue weighted by molar-refractivity contribution is -0.118. The predicted molar refractivity (Wildman–Crippen MR) is 119 cm³/mol. The van der Waals surface area contributed by atoms with E-state index in [0.717, 1.165) is 11.3 Å². The van der Waals surface area contributed by atoms with Gasteiger partial charge in [-0.05, 0) is 61.0 Å². The first-order valence-electron chi connectivity index (χ1n) is 8.90. The molecule has 0 fully saturated rings. The SMILES string of the molecule is Cc1ccc(-n2nc3ccc(NC(=O)COc4ccc(Cl)cc4Cl)cc3n2)cc1Cl. The quantitative estimate of drug-likeness (QED) is 0.413. The summed E-state index contributed by atoms with van der Waals surface area (Å²) >= 11 is 18.1. The van der Waals surface area contributed by atoms with E-state index in [1.54, 1.807) is 42.5 Å². The van der Waals surface area contributed by atoms with Gasteiger partial charge in [-0.3, -0.25) is 4.79 Å². The molecule has 0 bridgehead atoms. The smallest absolute Gasteiger partial charge is 0.262 e. The number of hydrogen-bond donors (Lipinski definition) is 1. The van der Waals surface area contributed by atoms with Crippen LogP contribution in [0.25, 0.3) is 16.7 Å². The molecule has 0 saturated heterocycles. The number of aryl methyl sites for hydroxylation is 1. The number of nitrogens with zero attached hydrogens (tertiary/aromatic N) is 3. The van der Waals surface area contributed by atoms with Gasteiger partial charge in [0.1, 0.15) is 16.8 Å². The van der Waals surface area contributed by atoms with E-state index in [4.69, 9.17) is 39.5 Å². The second-order valence-corrected chi connectivity index (χ2v) is 7.79. The third kappa shape index (κ3) is 4.51. The number of nitrogens with one attached hydrogen (secondary N) is 1. The van der Waals surface area contributed by atoms with Crippen LogP contribution in [-0.2, 0) is 4.79 Å². The molecule has 4 aromatic rings. The largest absolute Gasteiger partial charge is 0.482 e. The average Bonchev–Trinajstić information content (AvgIpc) is 3.13. The van der Waals surface area contributed by atoms with Crippen LogP contribution in [-0.4, -0.2) is 27.5 Å². The van der Waals surface area contributed by atoms with Gasteiger partial charge in [-0.15, -0.1) is 10.2 Å². The normalized spacial score (nSPS) is 10.9. The van der Waals surface area contributed by atoms with Crippen LogP contribution in [0.5, 0.6) is 5.75 Å². The standard InChI is InChI=1S/C21H15Cl3N4O2/c1-12-2-5-15(10-16(12)23)28-26-18-6-4-14(9-19(18)27-28)25-21(29)11-30-20-7-3-13(22)8-17(20)24/h2-10H,11H2,1H3,(H,25,29). The van der Waals surface area contributed by atoms with Gasteiger partial charge in [0.25, 0.3) is 5.91 Å². The van der Waals surface area contributed by atoms with Crippen molar-refractivity contribution in [3.63, 3.8) is 0 Å². The zero-order valence-electron chi connectivity index (χ0n) is 15.7. The highest BCUT2D eigenvalue weighted by Crippen LogP contribution is 2.27. The summed E-state index contributed by atoms with van der Waals surface area (Å²) in [6.45, 7) is 1.73. The minimum Gasteiger partial charge on any atom is -0.482 e. The van der Waals surface area contributed by atoms with Crippen molar-refractivity contribution in [3.8, 4) is 11.4 Å². The number of halogens is 3. The fraction of sp³-hybridized carbons (Fsp3) is 0.0952. The van der Waals surface area contributed by atoms with E-state index >= 15 is 0 Å². The van der Waals surface area contributed by atoms with Crippen molar-refractivity contribution in [2.75, 3.05) is 11.9 Å². The fourth-order valence-electron chi connectivity index (χ4n) is 2.75. The molecule has 6 nitrogen and oxygen atoms in total. The van der Waals surface area contributed by atoms with Crippen molar-refractivity contribution in [2.45, 2.75) is 6.92 Å². The maximum atomic E-state index is 12.2. The Balaban J connectivity index is 1.46. The Morgan fingerprint density at radius 3 is 2.53 bits per heavy atom. The van der Waals surface area contributed by atoms with Crippen LogP contribution >= 0.6 is 34.8 Å². The van der Waals surface area contributed by atoms with E-state index < -0.39 is 0 Å². The van der Waals surface area contributed by atoms with E-state index in [1.165, 1.54) is 4.80 Å². The number of anilines is 1. The zero-order chi connectivity index (χ0) is 21.3. The Morgan fingerprint density at radius 1 is 0.967 bits per heavy atom. The van der Waals surface area contributed by atoms with Gasteiger partial charge >= 0.3 is 0 Å². The molecule has 0 spiro atoms. The molecule has 1 aromatic heterocycles. The molecule has 1 N–H and O–H groups in total. The highest BCUT2D eigenvalue weighted by molar-refractivity contribution is 6.35. The van der Waals surface area contributed by atoms with Crippen molar-refractivity contribution in [1.29, 1.82) is 0 Å². The van der Waals surface area contributed by atoms with Crippen molar-refractivity contribution in [2.24, 2.45) is 0 Å². The number of carbonyl (C=O) groups is 1. The molecule has 0 aliphatic rings. The van der Waals surface area contributed by atoms with E-state index in [0.29, 0.717) is 37.5 Å². The van der Waals surface area contributed by atoms with Crippen LogP contribution in [0.3, 0.4) is 0 Å². The number of aromatic nitrogens is 3. The van der Waals surface area contributed by atoms with Crippen LogP contribution in [0.15, 0.2) is 54.6 Å². The topological polar surface area (TPSA) is 69.0 Å². The molecular weight excluding hydrogens is 447 g/mol. The number of fused-ring (bicyclic) bond motifs is 1. The van der Waals surface area contributed by atoms with E-state index in [9.17, 15) is 4.79 Å². The molecule has 152 valence electrons. The third-order valence-corrected chi connectivity index (χ3v) is 5.24. The monoisotopic (exact) mass is 460 g/mol. The van der Waals surface area contributed by atoms with Gasteiger partial charge in [-0.2, -0.15) is 4.80 Å². The van der Waals surface area contributed by atoms with Gasteiger partial charge in [-0.25, -0.2) is 0 Å². The lowest BCUT2D eigenvalue weighted by atomic mass is 10.2. The fourth-order valence-corrected chi connectivity index (χ4v) is 3.38. The first-order valence-corrected chi connectivity index (χ1v) is 10.0. The molecule has 1 amide bonds. The van der Waals surface area contributed by atoms with Gasteiger partial charge in [0.2, 0.25) is 0 Å². The molecule has 3 aromatic carbocycles. The van der Waals surface area contributed by atoms with Crippen LogP contribution in [0.4, 0.5) is 5.69 Å². The summed E-state index contributed by atoms with van der Waals surface area (Å²) in [7, 11) is 0. The van der Waals surface area contributed by atoms with Gasteiger partial charge in [0.05, 0.1) is 10.7 Å². The lowest BCUT2D eigenvalue weighted by Crippen LogP contribution is -2.20. The summed E-state index contributed by atoms with van der Waals surface area (Å²) in [6.07, 6.45) is 0. The number of carbonyl (C=O) groups excluding carboxylic acids is 1. The predicted octanol–water partition coefficient (Wildman–Crippen LogP) is 5.71. The first kappa shape index (κ1) is 20.5. The van der Waals surface area contributed by atoms with Crippen molar-refractivity contribution in [3.05, 3.63) is 75.2 Å².